The van der Waals surface area contributed by atoms with Crippen LogP contribution in [-0.4, -0.2) is 11.9 Å². The fraction of sp³-hybridized carbons (Fsp3) is 0.200. The first-order valence-corrected chi connectivity index (χ1v) is 11.5. The van der Waals surface area contributed by atoms with Crippen molar-refractivity contribution in [1.82, 2.24) is 0 Å². The molecule has 168 valence electrons. The van der Waals surface area contributed by atoms with Crippen molar-refractivity contribution in [1.29, 1.82) is 10.5 Å². The first kappa shape index (κ1) is 26.1. The largest absolute Gasteiger partial charge is 0.432 e. The van der Waals surface area contributed by atoms with E-state index >= 15 is 0 Å². The van der Waals surface area contributed by atoms with Gasteiger partial charge in [-0.25, -0.2) is 0 Å². The van der Waals surface area contributed by atoms with Gasteiger partial charge in [-0.05, 0) is 48.2 Å². The van der Waals surface area contributed by atoms with Crippen molar-refractivity contribution in [2.75, 3.05) is 0 Å². The molecule has 0 amide bonds. The zero-order valence-corrected chi connectivity index (χ0v) is 21.1. The monoisotopic (exact) mass is 570 g/mol. The number of hydrogen-bond donors (Lipinski definition) is 0. The van der Waals surface area contributed by atoms with E-state index in [1.165, 1.54) is 0 Å². The van der Waals surface area contributed by atoms with E-state index in [2.05, 4.69) is 31.9 Å². The van der Waals surface area contributed by atoms with Crippen LogP contribution in [0.3, 0.4) is 0 Å². The number of esters is 2. The van der Waals surface area contributed by atoms with Crippen molar-refractivity contribution in [3.8, 4) is 12.1 Å². The highest BCUT2D eigenvalue weighted by atomic mass is 79.9. The first-order chi connectivity index (χ1) is 15.8. The SMILES string of the molecule is CCC(CC)(C(=O)O/C=C(\C#N)c1ccc(Br)cc1)C(=O)O/C=C(\C#N)c1ccc(Br)cc1. The second kappa shape index (κ2) is 12.2. The molecule has 0 atom stereocenters. The number of benzene rings is 2. The van der Waals surface area contributed by atoms with Gasteiger partial charge in [-0.1, -0.05) is 70.0 Å². The molecule has 0 N–H and O–H groups in total. The number of halogens is 2. The van der Waals surface area contributed by atoms with Crippen molar-refractivity contribution in [3.05, 3.63) is 81.1 Å². The predicted octanol–water partition coefficient (Wildman–Crippen LogP) is 6.53. The van der Waals surface area contributed by atoms with Crippen LogP contribution in [-0.2, 0) is 19.1 Å². The maximum Gasteiger partial charge on any atom is 0.328 e. The molecule has 2 aromatic carbocycles. The second-order valence-corrected chi connectivity index (χ2v) is 8.73. The van der Waals surface area contributed by atoms with Crippen LogP contribution in [0.1, 0.15) is 37.8 Å². The molecule has 0 unspecified atom stereocenters. The average molecular weight is 572 g/mol. The number of hydrogen-bond acceptors (Lipinski definition) is 6. The summed E-state index contributed by atoms with van der Waals surface area (Å²) >= 11 is 6.64. The number of carbonyl (C=O) groups excluding carboxylic acids is 2. The van der Waals surface area contributed by atoms with Crippen molar-refractivity contribution < 1.29 is 19.1 Å². The molecule has 0 saturated carbocycles. The number of carbonyl (C=O) groups is 2. The van der Waals surface area contributed by atoms with E-state index in [-0.39, 0.29) is 24.0 Å². The molecule has 0 aliphatic carbocycles. The summed E-state index contributed by atoms with van der Waals surface area (Å²) in [4.78, 5) is 25.8. The Kier molecular flexibility index (Phi) is 9.59. The number of rotatable bonds is 8. The molecule has 2 aromatic rings. The van der Waals surface area contributed by atoms with Crippen LogP contribution in [0.5, 0.6) is 0 Å². The third kappa shape index (κ3) is 6.41. The second-order valence-electron chi connectivity index (χ2n) is 6.90. The standard InChI is InChI=1S/C25H20Br2N2O4/c1-3-25(4-2,23(30)32-15-19(13-28)17-5-9-21(26)10-6-17)24(31)33-16-20(14-29)18-7-11-22(27)12-8-18/h5-12,15-16H,3-4H2,1-2H3/b19-15+,20-16+. The summed E-state index contributed by atoms with van der Waals surface area (Å²) in [5, 5.41) is 18.9. The van der Waals surface area contributed by atoms with Gasteiger partial charge < -0.3 is 9.47 Å². The minimum Gasteiger partial charge on any atom is -0.432 e. The van der Waals surface area contributed by atoms with Gasteiger partial charge in [0.2, 0.25) is 0 Å². The molecular formula is C25H20Br2N2O4. The lowest BCUT2D eigenvalue weighted by Crippen LogP contribution is -2.40. The number of nitrogens with zero attached hydrogens (tertiary/aromatic N) is 2. The van der Waals surface area contributed by atoms with Gasteiger partial charge in [-0.15, -0.1) is 0 Å². The van der Waals surface area contributed by atoms with Crippen molar-refractivity contribution in [2.45, 2.75) is 26.7 Å². The van der Waals surface area contributed by atoms with Crippen LogP contribution >= 0.6 is 31.9 Å². The van der Waals surface area contributed by atoms with E-state index in [4.69, 9.17) is 9.47 Å². The Morgan fingerprint density at radius 1 is 0.788 bits per heavy atom. The van der Waals surface area contributed by atoms with Crippen LogP contribution < -0.4 is 0 Å². The quantitative estimate of drug-likeness (QED) is 0.154. The van der Waals surface area contributed by atoms with Gasteiger partial charge in [-0.2, -0.15) is 10.5 Å². The predicted molar refractivity (Wildman–Crippen MR) is 131 cm³/mol. The van der Waals surface area contributed by atoms with Crippen LogP contribution in [0.15, 0.2) is 70.0 Å². The van der Waals surface area contributed by atoms with Crippen LogP contribution in [0.4, 0.5) is 0 Å². The van der Waals surface area contributed by atoms with Gasteiger partial charge >= 0.3 is 11.9 Å². The number of ether oxygens (including phenoxy) is 2. The summed E-state index contributed by atoms with van der Waals surface area (Å²) in [5.41, 5.74) is -0.205. The summed E-state index contributed by atoms with van der Waals surface area (Å²) in [7, 11) is 0. The molecule has 0 saturated heterocycles. The molecule has 0 radical (unpaired) electrons. The van der Waals surface area contributed by atoms with Crippen LogP contribution in [0.2, 0.25) is 0 Å². The normalized spacial score (nSPS) is 11.8. The topological polar surface area (TPSA) is 100 Å². The molecule has 0 aromatic heterocycles. The van der Waals surface area contributed by atoms with Crippen molar-refractivity contribution in [3.63, 3.8) is 0 Å². The summed E-state index contributed by atoms with van der Waals surface area (Å²) in [6.07, 6.45) is 2.31. The Balaban J connectivity index is 2.24. The fourth-order valence-electron chi connectivity index (χ4n) is 2.94. The zero-order valence-electron chi connectivity index (χ0n) is 18.0. The van der Waals surface area contributed by atoms with Crippen molar-refractivity contribution in [2.24, 2.45) is 5.41 Å². The Morgan fingerprint density at radius 3 is 1.39 bits per heavy atom. The highest BCUT2D eigenvalue weighted by Crippen LogP contribution is 2.31. The molecular weight excluding hydrogens is 552 g/mol. The minimum atomic E-state index is -1.59. The zero-order chi connectivity index (χ0) is 24.4. The van der Waals surface area contributed by atoms with E-state index in [0.717, 1.165) is 21.5 Å². The Labute approximate surface area is 209 Å². The third-order valence-corrected chi connectivity index (χ3v) is 6.16. The summed E-state index contributed by atoms with van der Waals surface area (Å²) in [5.74, 6) is -1.67. The molecule has 0 spiro atoms. The smallest absolute Gasteiger partial charge is 0.328 e. The maximum atomic E-state index is 12.9. The fourth-order valence-corrected chi connectivity index (χ4v) is 3.47. The summed E-state index contributed by atoms with van der Waals surface area (Å²) in [6.45, 7) is 3.33. The molecule has 0 aliphatic rings. The highest BCUT2D eigenvalue weighted by Gasteiger charge is 2.46. The number of allylic oxidation sites excluding steroid dienone is 2. The van der Waals surface area contributed by atoms with E-state index in [0.29, 0.717) is 11.1 Å². The van der Waals surface area contributed by atoms with Crippen LogP contribution in [0.25, 0.3) is 11.1 Å². The number of nitriles is 2. The van der Waals surface area contributed by atoms with Gasteiger partial charge in [0.15, 0.2) is 5.41 Å². The summed E-state index contributed by atoms with van der Waals surface area (Å²) < 4.78 is 12.2. The van der Waals surface area contributed by atoms with Gasteiger partial charge in [0.25, 0.3) is 0 Å². The van der Waals surface area contributed by atoms with E-state index in [1.807, 2.05) is 12.1 Å². The van der Waals surface area contributed by atoms with E-state index in [1.54, 1.807) is 62.4 Å². The molecule has 0 fully saturated rings. The lowest BCUT2D eigenvalue weighted by atomic mass is 9.82. The Hall–Kier alpha value is -3.20. The van der Waals surface area contributed by atoms with E-state index in [9.17, 15) is 20.1 Å². The molecule has 33 heavy (non-hydrogen) atoms. The van der Waals surface area contributed by atoms with Crippen LogP contribution in [0, 0.1) is 28.1 Å². The van der Waals surface area contributed by atoms with Crippen molar-refractivity contribution >= 4 is 54.9 Å². The molecule has 0 heterocycles. The Bertz CT molecular complexity index is 1060. The summed E-state index contributed by atoms with van der Waals surface area (Å²) in [6, 6.07) is 17.8. The maximum absolute atomic E-state index is 12.9. The third-order valence-electron chi connectivity index (χ3n) is 5.11. The highest BCUT2D eigenvalue weighted by molar-refractivity contribution is 9.10. The minimum absolute atomic E-state index is 0.114. The first-order valence-electron chi connectivity index (χ1n) is 9.95. The molecule has 0 bridgehead atoms. The van der Waals surface area contributed by atoms with Gasteiger partial charge in [0, 0.05) is 8.95 Å². The average Bonchev–Trinajstić information content (AvgIpc) is 2.83. The van der Waals surface area contributed by atoms with Gasteiger partial charge in [0.05, 0.1) is 11.1 Å². The molecule has 6 nitrogen and oxygen atoms in total. The molecule has 0 aliphatic heterocycles. The molecule has 8 heteroatoms. The van der Waals surface area contributed by atoms with Gasteiger partial charge in [-0.3, -0.25) is 9.59 Å². The Morgan fingerprint density at radius 2 is 1.12 bits per heavy atom. The van der Waals surface area contributed by atoms with E-state index < -0.39 is 17.4 Å². The van der Waals surface area contributed by atoms with Gasteiger partial charge in [0.1, 0.15) is 24.7 Å². The molecule has 2 rings (SSSR count). The lowest BCUT2D eigenvalue weighted by molar-refractivity contribution is -0.166. The lowest BCUT2D eigenvalue weighted by Gasteiger charge is -2.25.